The van der Waals surface area contributed by atoms with Gasteiger partial charge in [-0.1, -0.05) is 26.0 Å². The van der Waals surface area contributed by atoms with Crippen molar-refractivity contribution in [2.75, 3.05) is 13.1 Å². The zero-order valence-corrected chi connectivity index (χ0v) is 19.2. The molecule has 26 heavy (non-hydrogen) atoms. The maximum Gasteiger partial charge on any atom is 0.191 e. The van der Waals surface area contributed by atoms with Gasteiger partial charge >= 0.3 is 0 Å². The highest BCUT2D eigenvalue weighted by Crippen LogP contribution is 2.22. The van der Waals surface area contributed by atoms with Crippen molar-refractivity contribution in [2.24, 2.45) is 4.99 Å². The lowest BCUT2D eigenvalue weighted by molar-refractivity contribution is 0.507. The number of guanidine groups is 1. The predicted octanol–water partition coefficient (Wildman–Crippen LogP) is 4.55. The largest absolute Gasteiger partial charge is 0.357 e. The van der Waals surface area contributed by atoms with E-state index in [0.717, 1.165) is 28.8 Å². The summed E-state index contributed by atoms with van der Waals surface area (Å²) in [4.78, 5) is 10.3. The third-order valence-electron chi connectivity index (χ3n) is 4.05. The van der Waals surface area contributed by atoms with Gasteiger partial charge in [-0.25, -0.2) is 14.4 Å². The summed E-state index contributed by atoms with van der Waals surface area (Å²) in [7, 11) is 0. The number of hydrogen-bond acceptors (Lipinski definition) is 3. The molecule has 0 saturated heterocycles. The predicted molar refractivity (Wildman–Crippen MR) is 119 cm³/mol. The molecule has 4 nitrogen and oxygen atoms in total. The fourth-order valence-corrected chi connectivity index (χ4v) is 3.38. The van der Waals surface area contributed by atoms with Crippen molar-refractivity contribution in [1.82, 2.24) is 15.6 Å². The SMILES string of the molecule is CCNC(=NCc1sc(C)nc1C)NCC(C)(C)c1ccc(F)cc1.I. The van der Waals surface area contributed by atoms with E-state index < -0.39 is 0 Å². The molecule has 0 saturated carbocycles. The maximum absolute atomic E-state index is 13.1. The van der Waals surface area contributed by atoms with E-state index in [1.807, 2.05) is 32.9 Å². The van der Waals surface area contributed by atoms with Crippen LogP contribution in [0.25, 0.3) is 0 Å². The van der Waals surface area contributed by atoms with Crippen molar-refractivity contribution in [3.05, 3.63) is 51.2 Å². The Morgan fingerprint density at radius 3 is 2.38 bits per heavy atom. The quantitative estimate of drug-likeness (QED) is 0.355. The molecule has 0 fully saturated rings. The first kappa shape index (κ1) is 22.8. The normalized spacial score (nSPS) is 11.8. The van der Waals surface area contributed by atoms with Gasteiger partial charge in [0.1, 0.15) is 5.82 Å². The molecule has 2 rings (SSSR count). The minimum Gasteiger partial charge on any atom is -0.357 e. The molecule has 1 heterocycles. The zero-order valence-electron chi connectivity index (χ0n) is 16.0. The Kier molecular flexibility index (Phi) is 8.95. The summed E-state index contributed by atoms with van der Waals surface area (Å²) in [6.45, 7) is 12.5. The monoisotopic (exact) mass is 490 g/mol. The molecular formula is C19H28FIN4S. The average molecular weight is 490 g/mol. The van der Waals surface area contributed by atoms with E-state index in [1.54, 1.807) is 11.3 Å². The van der Waals surface area contributed by atoms with Gasteiger partial charge in [0.05, 0.1) is 17.2 Å². The Labute approximate surface area is 176 Å². The third kappa shape index (κ3) is 6.50. The maximum atomic E-state index is 13.1. The Morgan fingerprint density at radius 1 is 1.19 bits per heavy atom. The van der Waals surface area contributed by atoms with Crippen molar-refractivity contribution in [2.45, 2.75) is 46.6 Å². The number of benzene rings is 1. The van der Waals surface area contributed by atoms with Gasteiger partial charge in [0, 0.05) is 23.4 Å². The first-order chi connectivity index (χ1) is 11.8. The minimum atomic E-state index is -0.211. The number of thiazole rings is 1. The lowest BCUT2D eigenvalue weighted by atomic mass is 9.84. The Hall–Kier alpha value is -1.22. The van der Waals surface area contributed by atoms with Crippen LogP contribution in [0.1, 0.15) is 41.9 Å². The van der Waals surface area contributed by atoms with Crippen LogP contribution < -0.4 is 10.6 Å². The van der Waals surface area contributed by atoms with Gasteiger partial charge in [-0.05, 0) is 38.5 Å². The number of aromatic nitrogens is 1. The van der Waals surface area contributed by atoms with E-state index in [9.17, 15) is 4.39 Å². The fourth-order valence-electron chi connectivity index (χ4n) is 2.52. The van der Waals surface area contributed by atoms with Gasteiger partial charge in [0.2, 0.25) is 0 Å². The highest BCUT2D eigenvalue weighted by Gasteiger charge is 2.21. The molecule has 7 heteroatoms. The van der Waals surface area contributed by atoms with Gasteiger partial charge in [-0.2, -0.15) is 0 Å². The number of halogens is 2. The number of nitrogens with zero attached hydrogens (tertiary/aromatic N) is 2. The molecule has 0 spiro atoms. The Bertz CT molecular complexity index is 726. The van der Waals surface area contributed by atoms with Crippen LogP contribution in [0.5, 0.6) is 0 Å². The molecule has 0 aliphatic carbocycles. The minimum absolute atomic E-state index is 0. The van der Waals surface area contributed by atoms with Gasteiger partial charge in [0.25, 0.3) is 0 Å². The summed E-state index contributed by atoms with van der Waals surface area (Å²) in [6.07, 6.45) is 0. The summed E-state index contributed by atoms with van der Waals surface area (Å²) in [6, 6.07) is 6.69. The number of rotatable bonds is 6. The summed E-state index contributed by atoms with van der Waals surface area (Å²) >= 11 is 1.69. The standard InChI is InChI=1S/C19H27FN4S.HI/c1-6-21-18(22-11-17-13(2)24-14(3)25-17)23-12-19(4,5)15-7-9-16(20)10-8-15;/h7-10H,6,11-12H2,1-5H3,(H2,21,22,23);1H. The fraction of sp³-hybridized carbons (Fsp3) is 0.474. The Morgan fingerprint density at radius 2 is 1.85 bits per heavy atom. The third-order valence-corrected chi connectivity index (χ3v) is 5.11. The van der Waals surface area contributed by atoms with Crippen LogP contribution in [0.4, 0.5) is 4.39 Å². The molecule has 0 aliphatic heterocycles. The van der Waals surface area contributed by atoms with Crippen LogP contribution in [-0.2, 0) is 12.0 Å². The van der Waals surface area contributed by atoms with E-state index in [0.29, 0.717) is 13.1 Å². The lowest BCUT2D eigenvalue weighted by Crippen LogP contribution is -2.43. The molecule has 2 N–H and O–H groups in total. The summed E-state index contributed by atoms with van der Waals surface area (Å²) < 4.78 is 13.1. The first-order valence-corrected chi connectivity index (χ1v) is 9.34. The second-order valence-corrected chi connectivity index (χ2v) is 7.97. The van der Waals surface area contributed by atoms with Crippen LogP contribution in [0, 0.1) is 19.7 Å². The van der Waals surface area contributed by atoms with Crippen molar-refractivity contribution >= 4 is 41.3 Å². The summed E-state index contributed by atoms with van der Waals surface area (Å²) in [5, 5.41) is 7.74. The lowest BCUT2D eigenvalue weighted by Gasteiger charge is -2.26. The molecule has 0 atom stereocenters. The van der Waals surface area contributed by atoms with E-state index in [1.165, 1.54) is 17.0 Å². The summed E-state index contributed by atoms with van der Waals surface area (Å²) in [5.41, 5.74) is 2.00. The molecular weight excluding hydrogens is 462 g/mol. The van der Waals surface area contributed by atoms with E-state index >= 15 is 0 Å². The molecule has 1 aromatic heterocycles. The van der Waals surface area contributed by atoms with Gasteiger partial charge in [0.15, 0.2) is 5.96 Å². The van der Waals surface area contributed by atoms with E-state index in [-0.39, 0.29) is 35.2 Å². The van der Waals surface area contributed by atoms with Crippen molar-refractivity contribution in [3.8, 4) is 0 Å². The van der Waals surface area contributed by atoms with Gasteiger partial charge in [-0.15, -0.1) is 35.3 Å². The number of aryl methyl sites for hydroxylation is 2. The number of nitrogens with one attached hydrogen (secondary N) is 2. The van der Waals surface area contributed by atoms with Crippen LogP contribution >= 0.6 is 35.3 Å². The molecule has 0 bridgehead atoms. The average Bonchev–Trinajstić information content (AvgIpc) is 2.88. The molecule has 144 valence electrons. The van der Waals surface area contributed by atoms with Crippen LogP contribution in [0.2, 0.25) is 0 Å². The van der Waals surface area contributed by atoms with E-state index in [2.05, 4.69) is 34.5 Å². The Balaban J connectivity index is 0.00000338. The zero-order chi connectivity index (χ0) is 18.4. The molecule has 0 radical (unpaired) electrons. The molecule has 0 amide bonds. The molecule has 2 aromatic rings. The second kappa shape index (κ2) is 10.2. The van der Waals surface area contributed by atoms with Crippen molar-refractivity contribution in [3.63, 3.8) is 0 Å². The topological polar surface area (TPSA) is 49.3 Å². The van der Waals surface area contributed by atoms with E-state index in [4.69, 9.17) is 0 Å². The molecule has 1 aromatic carbocycles. The van der Waals surface area contributed by atoms with Gasteiger partial charge < -0.3 is 10.6 Å². The highest BCUT2D eigenvalue weighted by atomic mass is 127. The number of aliphatic imine (C=N–C) groups is 1. The second-order valence-electron chi connectivity index (χ2n) is 6.68. The van der Waals surface area contributed by atoms with Crippen LogP contribution in [0.3, 0.4) is 0 Å². The number of hydrogen-bond donors (Lipinski definition) is 2. The van der Waals surface area contributed by atoms with Crippen LogP contribution in [-0.4, -0.2) is 24.0 Å². The van der Waals surface area contributed by atoms with Crippen molar-refractivity contribution in [1.29, 1.82) is 0 Å². The van der Waals surface area contributed by atoms with Crippen molar-refractivity contribution < 1.29 is 4.39 Å². The first-order valence-electron chi connectivity index (χ1n) is 8.53. The smallest absolute Gasteiger partial charge is 0.191 e. The highest BCUT2D eigenvalue weighted by molar-refractivity contribution is 14.0. The summed E-state index contributed by atoms with van der Waals surface area (Å²) in [5.74, 6) is 0.570. The molecule has 0 unspecified atom stereocenters. The van der Waals surface area contributed by atoms with Crippen LogP contribution in [0.15, 0.2) is 29.3 Å². The van der Waals surface area contributed by atoms with Gasteiger partial charge in [-0.3, -0.25) is 0 Å². The molecule has 0 aliphatic rings.